The molecule has 0 aromatic carbocycles. The average molecular weight is 286 g/mol. The minimum absolute atomic E-state index is 0.213. The van der Waals surface area contributed by atoms with Gasteiger partial charge in [-0.3, -0.25) is 0 Å². The van der Waals surface area contributed by atoms with Gasteiger partial charge in [-0.25, -0.2) is 9.97 Å². The molecule has 1 N–H and O–H groups in total. The molecule has 0 aliphatic rings. The molecule has 4 nitrogen and oxygen atoms in total. The van der Waals surface area contributed by atoms with Gasteiger partial charge in [0.2, 0.25) is 5.28 Å². The van der Waals surface area contributed by atoms with Crippen LogP contribution >= 0.6 is 22.9 Å². The van der Waals surface area contributed by atoms with Gasteiger partial charge in [0.15, 0.2) is 0 Å². The number of anilines is 1. The Bertz CT molecular complexity index is 568. The van der Waals surface area contributed by atoms with E-state index in [1.807, 2.05) is 6.92 Å². The number of methoxy groups -OCH3 is 1. The Balaban J connectivity index is 2.43. The van der Waals surface area contributed by atoms with Crippen molar-refractivity contribution >= 4 is 39.0 Å². The van der Waals surface area contributed by atoms with Gasteiger partial charge in [0.05, 0.1) is 17.5 Å². The molecule has 0 saturated heterocycles. The Morgan fingerprint density at radius 2 is 2.17 bits per heavy atom. The lowest BCUT2D eigenvalue weighted by Crippen LogP contribution is -2.36. The highest BCUT2D eigenvalue weighted by Gasteiger charge is 2.20. The fourth-order valence-corrected chi connectivity index (χ4v) is 2.93. The van der Waals surface area contributed by atoms with Gasteiger partial charge in [0, 0.05) is 12.0 Å². The molecule has 2 heterocycles. The Kier molecular flexibility index (Phi) is 3.75. The van der Waals surface area contributed by atoms with E-state index in [0.29, 0.717) is 6.61 Å². The molecule has 0 aliphatic carbocycles. The predicted molar refractivity (Wildman–Crippen MR) is 76.7 cm³/mol. The van der Waals surface area contributed by atoms with Gasteiger partial charge >= 0.3 is 0 Å². The lowest BCUT2D eigenvalue weighted by Gasteiger charge is -2.26. The molecule has 2 aromatic heterocycles. The molecule has 0 fully saturated rings. The van der Waals surface area contributed by atoms with E-state index in [1.54, 1.807) is 18.4 Å². The maximum atomic E-state index is 5.95. The quantitative estimate of drug-likeness (QED) is 0.874. The fourth-order valence-electron chi connectivity index (χ4n) is 1.83. The number of halogens is 1. The second-order valence-electron chi connectivity index (χ2n) is 4.86. The van der Waals surface area contributed by atoms with Crippen LogP contribution in [0.3, 0.4) is 0 Å². The second kappa shape index (κ2) is 4.99. The summed E-state index contributed by atoms with van der Waals surface area (Å²) in [6, 6.07) is 2.07. The van der Waals surface area contributed by atoms with Crippen LogP contribution in [0.25, 0.3) is 10.2 Å². The van der Waals surface area contributed by atoms with Gasteiger partial charge in [-0.15, -0.1) is 11.3 Å². The smallest absolute Gasteiger partial charge is 0.225 e. The molecule has 0 bridgehead atoms. The van der Waals surface area contributed by atoms with Crippen LogP contribution in [0.2, 0.25) is 5.28 Å². The number of ether oxygens (including phenoxy) is 1. The largest absolute Gasteiger partial charge is 0.382 e. The Morgan fingerprint density at radius 1 is 1.44 bits per heavy atom. The van der Waals surface area contributed by atoms with Crippen molar-refractivity contribution in [3.8, 4) is 0 Å². The molecule has 2 rings (SSSR count). The Hall–Kier alpha value is -0.910. The number of hydrogen-bond acceptors (Lipinski definition) is 5. The lowest BCUT2D eigenvalue weighted by molar-refractivity contribution is 0.158. The van der Waals surface area contributed by atoms with E-state index < -0.39 is 0 Å². The summed E-state index contributed by atoms with van der Waals surface area (Å²) in [4.78, 5) is 10.6. The molecule has 0 saturated carbocycles. The van der Waals surface area contributed by atoms with E-state index in [0.717, 1.165) is 16.0 Å². The zero-order chi connectivity index (χ0) is 13.3. The number of fused-ring (bicyclic) bond motifs is 1. The van der Waals surface area contributed by atoms with Gasteiger partial charge in [-0.05, 0) is 38.4 Å². The predicted octanol–water partition coefficient (Wildman–Crippen LogP) is 3.49. The average Bonchev–Trinajstić information content (AvgIpc) is 2.57. The van der Waals surface area contributed by atoms with Crippen LogP contribution in [-0.4, -0.2) is 29.2 Å². The lowest BCUT2D eigenvalue weighted by atomic mass is 10.1. The SMILES string of the molecule is COCC(C)(C)Nc1nc(Cl)nc2sc(C)cc12. The first-order chi connectivity index (χ1) is 8.41. The summed E-state index contributed by atoms with van der Waals surface area (Å²) in [5.74, 6) is 0.761. The number of aryl methyl sites for hydroxylation is 1. The van der Waals surface area contributed by atoms with Crippen LogP contribution in [0, 0.1) is 6.92 Å². The van der Waals surface area contributed by atoms with Gasteiger partial charge in [0.25, 0.3) is 0 Å². The minimum Gasteiger partial charge on any atom is -0.382 e. The molecule has 2 aromatic rings. The topological polar surface area (TPSA) is 47.0 Å². The van der Waals surface area contributed by atoms with E-state index in [2.05, 4.69) is 35.2 Å². The number of thiophene rings is 1. The standard InChI is InChI=1S/C12H16ClN3OS/c1-7-5-8-9(16-12(2,3)6-17-4)14-11(13)15-10(8)18-7/h5H,6H2,1-4H3,(H,14,15,16). The Morgan fingerprint density at radius 3 is 2.83 bits per heavy atom. The third kappa shape index (κ3) is 2.91. The highest BCUT2D eigenvalue weighted by molar-refractivity contribution is 7.18. The summed E-state index contributed by atoms with van der Waals surface area (Å²) in [7, 11) is 1.68. The summed E-state index contributed by atoms with van der Waals surface area (Å²) >= 11 is 7.57. The van der Waals surface area contributed by atoms with E-state index in [1.165, 1.54) is 4.88 Å². The van der Waals surface area contributed by atoms with E-state index in [4.69, 9.17) is 16.3 Å². The van der Waals surface area contributed by atoms with E-state index in [9.17, 15) is 0 Å². The molecular weight excluding hydrogens is 270 g/mol. The van der Waals surface area contributed by atoms with Crippen LogP contribution in [0.1, 0.15) is 18.7 Å². The number of hydrogen-bond donors (Lipinski definition) is 1. The van der Waals surface area contributed by atoms with Crippen molar-refractivity contribution in [2.75, 3.05) is 19.0 Å². The van der Waals surface area contributed by atoms with Crippen molar-refractivity contribution < 1.29 is 4.74 Å². The highest BCUT2D eigenvalue weighted by atomic mass is 35.5. The van der Waals surface area contributed by atoms with Crippen molar-refractivity contribution in [1.29, 1.82) is 0 Å². The van der Waals surface area contributed by atoms with Gasteiger partial charge < -0.3 is 10.1 Å². The van der Waals surface area contributed by atoms with Crippen LogP contribution in [0.4, 0.5) is 5.82 Å². The zero-order valence-corrected chi connectivity index (χ0v) is 12.4. The van der Waals surface area contributed by atoms with Crippen LogP contribution in [-0.2, 0) is 4.74 Å². The maximum Gasteiger partial charge on any atom is 0.225 e. The number of nitrogens with zero attached hydrogens (tertiary/aromatic N) is 2. The summed E-state index contributed by atoms with van der Waals surface area (Å²) in [6.07, 6.45) is 0. The summed E-state index contributed by atoms with van der Waals surface area (Å²) in [6.45, 7) is 6.73. The third-order valence-electron chi connectivity index (χ3n) is 2.45. The van der Waals surface area contributed by atoms with E-state index in [-0.39, 0.29) is 10.8 Å². The van der Waals surface area contributed by atoms with E-state index >= 15 is 0 Å². The number of nitrogens with one attached hydrogen (secondary N) is 1. The summed E-state index contributed by atoms with van der Waals surface area (Å²) in [5.41, 5.74) is -0.213. The molecule has 98 valence electrons. The van der Waals surface area contributed by atoms with Crippen molar-refractivity contribution in [1.82, 2.24) is 9.97 Å². The first kappa shape index (κ1) is 13.5. The normalized spacial score (nSPS) is 12.1. The molecule has 0 aliphatic heterocycles. The second-order valence-corrected chi connectivity index (χ2v) is 6.43. The first-order valence-electron chi connectivity index (χ1n) is 5.62. The van der Waals surface area contributed by atoms with Gasteiger partial charge in [-0.1, -0.05) is 0 Å². The van der Waals surface area contributed by atoms with Crippen LogP contribution < -0.4 is 5.32 Å². The molecule has 6 heteroatoms. The van der Waals surface area contributed by atoms with Crippen LogP contribution in [0.15, 0.2) is 6.07 Å². The molecular formula is C12H16ClN3OS. The first-order valence-corrected chi connectivity index (χ1v) is 6.81. The van der Waals surface area contributed by atoms with Crippen molar-refractivity contribution in [3.63, 3.8) is 0 Å². The molecule has 0 atom stereocenters. The summed E-state index contributed by atoms with van der Waals surface area (Å²) in [5, 5.41) is 4.63. The molecule has 0 spiro atoms. The monoisotopic (exact) mass is 285 g/mol. The number of rotatable bonds is 4. The van der Waals surface area contributed by atoms with Gasteiger partial charge in [-0.2, -0.15) is 0 Å². The third-order valence-corrected chi connectivity index (χ3v) is 3.56. The molecule has 0 radical (unpaired) electrons. The van der Waals surface area contributed by atoms with Crippen molar-refractivity contribution in [2.45, 2.75) is 26.3 Å². The highest BCUT2D eigenvalue weighted by Crippen LogP contribution is 2.30. The molecule has 18 heavy (non-hydrogen) atoms. The summed E-state index contributed by atoms with van der Waals surface area (Å²) < 4.78 is 5.19. The fraction of sp³-hybridized carbons (Fsp3) is 0.500. The Labute approximate surface area is 115 Å². The van der Waals surface area contributed by atoms with Crippen molar-refractivity contribution in [2.24, 2.45) is 0 Å². The molecule has 0 amide bonds. The van der Waals surface area contributed by atoms with Crippen molar-refractivity contribution in [3.05, 3.63) is 16.2 Å². The van der Waals surface area contributed by atoms with Crippen LogP contribution in [0.5, 0.6) is 0 Å². The zero-order valence-electron chi connectivity index (χ0n) is 10.9. The molecule has 0 unspecified atom stereocenters. The maximum absolute atomic E-state index is 5.95. The number of aromatic nitrogens is 2. The van der Waals surface area contributed by atoms with Gasteiger partial charge in [0.1, 0.15) is 10.6 Å². The minimum atomic E-state index is -0.213.